The predicted octanol–water partition coefficient (Wildman–Crippen LogP) is 5.51. The molecule has 26 heavy (non-hydrogen) atoms. The van der Waals surface area contributed by atoms with E-state index in [9.17, 15) is 5.26 Å². The molecule has 4 heteroatoms. The van der Waals surface area contributed by atoms with Crippen molar-refractivity contribution in [2.45, 2.75) is 0 Å². The predicted molar refractivity (Wildman–Crippen MR) is 101 cm³/mol. The first-order valence-electron chi connectivity index (χ1n) is 8.31. The highest BCUT2D eigenvalue weighted by atomic mass is 16.4. The van der Waals surface area contributed by atoms with E-state index >= 15 is 0 Å². The fourth-order valence-corrected chi connectivity index (χ4v) is 3.36. The molecule has 122 valence electrons. The Morgan fingerprint density at radius 2 is 1.62 bits per heavy atom. The molecule has 4 nitrogen and oxygen atoms in total. The zero-order chi connectivity index (χ0) is 17.5. The lowest BCUT2D eigenvalue weighted by atomic mass is 10.0. The first-order chi connectivity index (χ1) is 12.8. The first-order valence-corrected chi connectivity index (χ1v) is 8.31. The van der Waals surface area contributed by atoms with Gasteiger partial charge in [-0.2, -0.15) is 10.2 Å². The van der Waals surface area contributed by atoms with E-state index in [1.165, 1.54) is 0 Å². The van der Waals surface area contributed by atoms with Gasteiger partial charge in [-0.15, -0.1) is 0 Å². The van der Waals surface area contributed by atoms with E-state index in [-0.39, 0.29) is 5.69 Å². The molecule has 5 aromatic rings. The van der Waals surface area contributed by atoms with Gasteiger partial charge in [-0.25, -0.2) is 0 Å². The first kappa shape index (κ1) is 14.5. The number of hydrogen-bond donors (Lipinski definition) is 1. The highest BCUT2D eigenvalue weighted by molar-refractivity contribution is 5.97. The van der Waals surface area contributed by atoms with Crippen LogP contribution in [0.2, 0.25) is 0 Å². The molecule has 0 aliphatic heterocycles. The molecule has 0 radical (unpaired) electrons. The van der Waals surface area contributed by atoms with E-state index in [1.54, 1.807) is 0 Å². The number of para-hydroxylation sites is 1. The summed E-state index contributed by atoms with van der Waals surface area (Å²) >= 11 is 0. The van der Waals surface area contributed by atoms with Crippen LogP contribution < -0.4 is 0 Å². The number of nitriles is 1. The maximum Gasteiger partial charge on any atom is 0.228 e. The van der Waals surface area contributed by atoms with Gasteiger partial charge in [0.15, 0.2) is 11.5 Å². The molecule has 2 aromatic heterocycles. The molecule has 0 bridgehead atoms. The Hall–Kier alpha value is -3.84. The maximum atomic E-state index is 9.58. The SMILES string of the molecule is N#Cc1nc(-c2cccc3ccccc23)oc1-c1c[nH]c2ccccc12. The van der Waals surface area contributed by atoms with Gasteiger partial charge in [0.2, 0.25) is 5.89 Å². The smallest absolute Gasteiger partial charge is 0.228 e. The minimum absolute atomic E-state index is 0.290. The van der Waals surface area contributed by atoms with Crippen LogP contribution in [0.5, 0.6) is 0 Å². The number of nitrogens with one attached hydrogen (secondary N) is 1. The molecule has 0 spiro atoms. The molecule has 5 rings (SSSR count). The third-order valence-electron chi connectivity index (χ3n) is 4.59. The van der Waals surface area contributed by atoms with Crippen molar-refractivity contribution in [3.63, 3.8) is 0 Å². The quantitative estimate of drug-likeness (QED) is 0.462. The second-order valence-electron chi connectivity index (χ2n) is 6.08. The zero-order valence-corrected chi connectivity index (χ0v) is 13.7. The van der Waals surface area contributed by atoms with Gasteiger partial charge in [0.1, 0.15) is 6.07 Å². The van der Waals surface area contributed by atoms with Crippen LogP contribution in [-0.4, -0.2) is 9.97 Å². The number of fused-ring (bicyclic) bond motifs is 2. The Morgan fingerprint density at radius 3 is 2.50 bits per heavy atom. The lowest BCUT2D eigenvalue weighted by Crippen LogP contribution is -1.82. The molecule has 0 aliphatic carbocycles. The van der Waals surface area contributed by atoms with Crippen LogP contribution in [0.3, 0.4) is 0 Å². The fourth-order valence-electron chi connectivity index (χ4n) is 3.36. The molecule has 0 amide bonds. The standard InChI is InChI=1S/C22H13N3O/c23-12-20-21(18-13-24-19-11-4-3-9-16(18)19)26-22(25-20)17-10-5-7-14-6-1-2-8-15(14)17/h1-11,13,24H. The van der Waals surface area contributed by atoms with Crippen LogP contribution in [0.25, 0.3) is 44.5 Å². The summed E-state index contributed by atoms with van der Waals surface area (Å²) in [5.74, 6) is 0.950. The van der Waals surface area contributed by atoms with Crippen molar-refractivity contribution in [1.29, 1.82) is 5.26 Å². The van der Waals surface area contributed by atoms with Crippen LogP contribution >= 0.6 is 0 Å². The van der Waals surface area contributed by atoms with E-state index in [2.05, 4.69) is 16.0 Å². The van der Waals surface area contributed by atoms with Crippen LogP contribution in [0.1, 0.15) is 5.69 Å². The topological polar surface area (TPSA) is 65.6 Å². The number of oxazole rings is 1. The van der Waals surface area contributed by atoms with E-state index in [0.29, 0.717) is 11.7 Å². The summed E-state index contributed by atoms with van der Waals surface area (Å²) in [6.45, 7) is 0. The zero-order valence-electron chi connectivity index (χ0n) is 13.7. The van der Waals surface area contributed by atoms with Gasteiger partial charge >= 0.3 is 0 Å². The van der Waals surface area contributed by atoms with Crippen molar-refractivity contribution in [2.24, 2.45) is 0 Å². The number of hydrogen-bond acceptors (Lipinski definition) is 3. The molecule has 0 fully saturated rings. The Morgan fingerprint density at radius 1 is 0.846 bits per heavy atom. The van der Waals surface area contributed by atoms with Crippen molar-refractivity contribution in [3.8, 4) is 28.8 Å². The number of benzene rings is 3. The van der Waals surface area contributed by atoms with Gasteiger partial charge in [0.25, 0.3) is 0 Å². The van der Waals surface area contributed by atoms with Gasteiger partial charge in [0, 0.05) is 28.2 Å². The monoisotopic (exact) mass is 335 g/mol. The maximum absolute atomic E-state index is 9.58. The third kappa shape index (κ3) is 2.11. The molecule has 0 unspecified atom stereocenters. The third-order valence-corrected chi connectivity index (χ3v) is 4.59. The summed E-state index contributed by atoms with van der Waals surface area (Å²) in [4.78, 5) is 7.69. The van der Waals surface area contributed by atoms with E-state index in [0.717, 1.165) is 32.8 Å². The van der Waals surface area contributed by atoms with Crippen molar-refractivity contribution < 1.29 is 4.42 Å². The molecular weight excluding hydrogens is 322 g/mol. The summed E-state index contributed by atoms with van der Waals surface area (Å²) in [7, 11) is 0. The molecule has 0 atom stereocenters. The van der Waals surface area contributed by atoms with Crippen LogP contribution in [-0.2, 0) is 0 Å². The molecule has 1 N–H and O–H groups in total. The molecule has 2 heterocycles. The summed E-state index contributed by atoms with van der Waals surface area (Å²) in [5.41, 5.74) is 3.01. The fraction of sp³-hybridized carbons (Fsp3) is 0. The van der Waals surface area contributed by atoms with Crippen molar-refractivity contribution in [2.75, 3.05) is 0 Å². The lowest BCUT2D eigenvalue weighted by Gasteiger charge is -2.02. The van der Waals surface area contributed by atoms with Gasteiger partial charge < -0.3 is 9.40 Å². The average molecular weight is 335 g/mol. The normalized spacial score (nSPS) is 11.0. The Labute approximate surface area is 149 Å². The summed E-state index contributed by atoms with van der Waals surface area (Å²) in [5, 5.41) is 12.7. The molecular formula is C22H13N3O. The summed E-state index contributed by atoms with van der Waals surface area (Å²) in [6, 6.07) is 24.2. The second kappa shape index (κ2) is 5.61. The van der Waals surface area contributed by atoms with Crippen molar-refractivity contribution in [1.82, 2.24) is 9.97 Å². The average Bonchev–Trinajstić information content (AvgIpc) is 3.31. The molecule has 3 aromatic carbocycles. The Kier molecular flexibility index (Phi) is 3.13. The minimum Gasteiger partial charge on any atom is -0.435 e. The van der Waals surface area contributed by atoms with Gasteiger partial charge in [0.05, 0.1) is 0 Å². The molecule has 0 aliphatic rings. The number of H-pyrrole nitrogens is 1. The Balaban J connectivity index is 1.75. The highest BCUT2D eigenvalue weighted by Gasteiger charge is 2.20. The van der Waals surface area contributed by atoms with Gasteiger partial charge in [-0.1, -0.05) is 54.6 Å². The molecule has 0 saturated heterocycles. The van der Waals surface area contributed by atoms with Crippen LogP contribution in [0, 0.1) is 11.3 Å². The largest absolute Gasteiger partial charge is 0.435 e. The van der Waals surface area contributed by atoms with Gasteiger partial charge in [-0.3, -0.25) is 0 Å². The van der Waals surface area contributed by atoms with Crippen LogP contribution in [0.4, 0.5) is 0 Å². The number of aromatic nitrogens is 2. The minimum atomic E-state index is 0.290. The lowest BCUT2D eigenvalue weighted by molar-refractivity contribution is 0.590. The summed E-state index contributed by atoms with van der Waals surface area (Å²) < 4.78 is 6.10. The number of nitrogens with zero attached hydrogens (tertiary/aromatic N) is 2. The molecule has 0 saturated carbocycles. The second-order valence-corrected chi connectivity index (χ2v) is 6.08. The number of rotatable bonds is 2. The van der Waals surface area contributed by atoms with Gasteiger partial charge in [-0.05, 0) is 22.9 Å². The van der Waals surface area contributed by atoms with E-state index < -0.39 is 0 Å². The van der Waals surface area contributed by atoms with Crippen LogP contribution in [0.15, 0.2) is 77.3 Å². The van der Waals surface area contributed by atoms with E-state index in [1.807, 2.05) is 72.9 Å². The highest BCUT2D eigenvalue weighted by Crippen LogP contribution is 2.36. The number of aromatic amines is 1. The van der Waals surface area contributed by atoms with Crippen molar-refractivity contribution in [3.05, 3.63) is 78.6 Å². The van der Waals surface area contributed by atoms with E-state index in [4.69, 9.17) is 4.42 Å². The Bertz CT molecular complexity index is 1300. The van der Waals surface area contributed by atoms with Crippen molar-refractivity contribution >= 4 is 21.7 Å². The summed E-state index contributed by atoms with van der Waals surface area (Å²) in [6.07, 6.45) is 1.86.